The molecule has 6 nitrogen and oxygen atoms in total. The molecule has 1 fully saturated rings. The molecule has 1 aromatic rings. The number of amides is 1. The Labute approximate surface area is 150 Å². The minimum Gasteiger partial charge on any atom is -0.497 e. The van der Waals surface area contributed by atoms with Crippen molar-refractivity contribution in [1.82, 2.24) is 9.80 Å². The predicted molar refractivity (Wildman–Crippen MR) is 97.4 cm³/mol. The molecule has 25 heavy (non-hydrogen) atoms. The molecule has 0 spiro atoms. The average Bonchev–Trinajstić information content (AvgIpc) is 2.80. The van der Waals surface area contributed by atoms with Gasteiger partial charge in [0.25, 0.3) is 0 Å². The van der Waals surface area contributed by atoms with Gasteiger partial charge in [-0.15, -0.1) is 0 Å². The highest BCUT2D eigenvalue weighted by Crippen LogP contribution is 2.17. The van der Waals surface area contributed by atoms with Crippen molar-refractivity contribution in [1.29, 1.82) is 0 Å². The van der Waals surface area contributed by atoms with Gasteiger partial charge in [0.05, 0.1) is 7.11 Å². The molecule has 0 bridgehead atoms. The predicted octanol–water partition coefficient (Wildman–Crippen LogP) is 3.02. The van der Waals surface area contributed by atoms with Crippen LogP contribution in [0.5, 0.6) is 11.5 Å². The molecule has 1 aliphatic heterocycles. The molecule has 140 valence electrons. The first-order chi connectivity index (χ1) is 11.9. The molecule has 1 heterocycles. The summed E-state index contributed by atoms with van der Waals surface area (Å²) in [4.78, 5) is 16.3. The smallest absolute Gasteiger partial charge is 0.410 e. The van der Waals surface area contributed by atoms with Crippen molar-refractivity contribution < 1.29 is 19.0 Å². The molecule has 0 atom stereocenters. The van der Waals surface area contributed by atoms with Crippen molar-refractivity contribution in [2.45, 2.75) is 32.8 Å². The number of carbonyl (C=O) groups excluding carboxylic acids is 1. The maximum absolute atomic E-state index is 12.2. The van der Waals surface area contributed by atoms with Gasteiger partial charge >= 0.3 is 6.09 Å². The molecule has 2 rings (SSSR count). The second-order valence-corrected chi connectivity index (χ2v) is 7.19. The number of hydrogen-bond donors (Lipinski definition) is 0. The number of methoxy groups -OCH3 is 1. The number of carbonyl (C=O) groups is 1. The van der Waals surface area contributed by atoms with Crippen LogP contribution in [0.2, 0.25) is 0 Å². The third kappa shape index (κ3) is 6.82. The van der Waals surface area contributed by atoms with E-state index < -0.39 is 5.60 Å². The number of rotatable bonds is 5. The lowest BCUT2D eigenvalue weighted by atomic mass is 10.2. The quantitative estimate of drug-likeness (QED) is 0.817. The number of ether oxygens (including phenoxy) is 3. The van der Waals surface area contributed by atoms with E-state index in [2.05, 4.69) is 4.90 Å². The summed E-state index contributed by atoms with van der Waals surface area (Å²) in [6, 6.07) is 7.59. The zero-order chi connectivity index (χ0) is 18.3. The minimum atomic E-state index is -0.449. The summed E-state index contributed by atoms with van der Waals surface area (Å²) in [5.41, 5.74) is -0.449. The van der Waals surface area contributed by atoms with Crippen LogP contribution in [0, 0.1) is 0 Å². The van der Waals surface area contributed by atoms with Gasteiger partial charge in [-0.3, -0.25) is 4.90 Å². The van der Waals surface area contributed by atoms with Gasteiger partial charge in [-0.25, -0.2) is 4.79 Å². The van der Waals surface area contributed by atoms with Crippen LogP contribution >= 0.6 is 0 Å². The van der Waals surface area contributed by atoms with Gasteiger partial charge in [0.2, 0.25) is 0 Å². The molecule has 0 saturated carbocycles. The monoisotopic (exact) mass is 350 g/mol. The van der Waals surface area contributed by atoms with Gasteiger partial charge in [0.1, 0.15) is 23.7 Å². The first-order valence-electron chi connectivity index (χ1n) is 8.84. The highest BCUT2D eigenvalue weighted by Gasteiger charge is 2.24. The Bertz CT molecular complexity index is 539. The average molecular weight is 350 g/mol. The van der Waals surface area contributed by atoms with E-state index in [-0.39, 0.29) is 6.09 Å². The fourth-order valence-electron chi connectivity index (χ4n) is 2.67. The molecule has 0 aliphatic carbocycles. The molecule has 6 heteroatoms. The summed E-state index contributed by atoms with van der Waals surface area (Å²) in [5.74, 6) is 1.66. The van der Waals surface area contributed by atoms with E-state index in [1.165, 1.54) is 0 Å². The van der Waals surface area contributed by atoms with E-state index in [0.29, 0.717) is 13.2 Å². The maximum atomic E-state index is 12.2. The second-order valence-electron chi connectivity index (χ2n) is 7.19. The lowest BCUT2D eigenvalue weighted by Gasteiger charge is -2.26. The van der Waals surface area contributed by atoms with E-state index in [0.717, 1.165) is 44.1 Å². The molecule has 1 aliphatic rings. The van der Waals surface area contributed by atoms with Gasteiger partial charge in [-0.2, -0.15) is 0 Å². The Balaban J connectivity index is 1.72. The molecule has 1 aromatic carbocycles. The van der Waals surface area contributed by atoms with Crippen LogP contribution in [0.3, 0.4) is 0 Å². The Morgan fingerprint density at radius 1 is 1.04 bits per heavy atom. The van der Waals surface area contributed by atoms with Gasteiger partial charge in [0.15, 0.2) is 0 Å². The summed E-state index contributed by atoms with van der Waals surface area (Å²) in [7, 11) is 1.65. The third-order valence-electron chi connectivity index (χ3n) is 3.98. The van der Waals surface area contributed by atoms with E-state index >= 15 is 0 Å². The molecule has 0 unspecified atom stereocenters. The maximum Gasteiger partial charge on any atom is 0.410 e. The van der Waals surface area contributed by atoms with Crippen LogP contribution < -0.4 is 9.47 Å². The Morgan fingerprint density at radius 2 is 1.72 bits per heavy atom. The first-order valence-corrected chi connectivity index (χ1v) is 8.84. The van der Waals surface area contributed by atoms with Crippen molar-refractivity contribution in [3.05, 3.63) is 24.3 Å². The lowest BCUT2D eigenvalue weighted by Crippen LogP contribution is -2.39. The van der Waals surface area contributed by atoms with Crippen LogP contribution in [0.15, 0.2) is 24.3 Å². The summed E-state index contributed by atoms with van der Waals surface area (Å²) >= 11 is 0. The van der Waals surface area contributed by atoms with E-state index in [4.69, 9.17) is 14.2 Å². The summed E-state index contributed by atoms with van der Waals surface area (Å²) in [6.45, 7) is 10.4. The lowest BCUT2D eigenvalue weighted by molar-refractivity contribution is 0.0257. The van der Waals surface area contributed by atoms with Crippen molar-refractivity contribution in [2.75, 3.05) is 46.4 Å². The standard InChI is InChI=1S/C19H30N2O4/c1-19(2,3)25-18(22)21-11-5-10-20(12-13-21)14-15-24-17-8-6-16(23-4)7-9-17/h6-9H,5,10-15H2,1-4H3. The largest absolute Gasteiger partial charge is 0.497 e. The molecule has 0 N–H and O–H groups in total. The Kier molecular flexibility index (Phi) is 6.93. The van der Waals surface area contributed by atoms with E-state index in [1.54, 1.807) is 12.0 Å². The van der Waals surface area contributed by atoms with Crippen molar-refractivity contribution in [2.24, 2.45) is 0 Å². The second kappa shape index (κ2) is 8.94. The number of nitrogens with zero attached hydrogens (tertiary/aromatic N) is 2. The zero-order valence-electron chi connectivity index (χ0n) is 15.8. The fourth-order valence-corrected chi connectivity index (χ4v) is 2.67. The molecular weight excluding hydrogens is 320 g/mol. The van der Waals surface area contributed by atoms with Gasteiger partial charge in [-0.1, -0.05) is 0 Å². The normalized spacial score (nSPS) is 16.2. The topological polar surface area (TPSA) is 51.2 Å². The summed E-state index contributed by atoms with van der Waals surface area (Å²) in [6.07, 6.45) is 0.728. The molecule has 1 saturated heterocycles. The van der Waals surface area contributed by atoms with Crippen molar-refractivity contribution in [3.8, 4) is 11.5 Å². The van der Waals surface area contributed by atoms with Gasteiger partial charge in [-0.05, 0) is 51.5 Å². The van der Waals surface area contributed by atoms with Gasteiger partial charge in [0, 0.05) is 32.7 Å². The molecule has 1 amide bonds. The van der Waals surface area contributed by atoms with Crippen molar-refractivity contribution >= 4 is 6.09 Å². The van der Waals surface area contributed by atoms with Crippen LogP contribution in [-0.4, -0.2) is 67.9 Å². The van der Waals surface area contributed by atoms with Crippen LogP contribution in [0.25, 0.3) is 0 Å². The van der Waals surface area contributed by atoms with Crippen LogP contribution in [-0.2, 0) is 4.74 Å². The Hall–Kier alpha value is -1.95. The van der Waals surface area contributed by atoms with Crippen molar-refractivity contribution in [3.63, 3.8) is 0 Å². The minimum absolute atomic E-state index is 0.219. The summed E-state index contributed by atoms with van der Waals surface area (Å²) < 4.78 is 16.4. The number of hydrogen-bond acceptors (Lipinski definition) is 5. The highest BCUT2D eigenvalue weighted by molar-refractivity contribution is 5.68. The molecule has 0 radical (unpaired) electrons. The zero-order valence-corrected chi connectivity index (χ0v) is 15.8. The fraction of sp³-hybridized carbons (Fsp3) is 0.632. The van der Waals surface area contributed by atoms with E-state index in [1.807, 2.05) is 45.0 Å². The van der Waals surface area contributed by atoms with E-state index in [9.17, 15) is 4.79 Å². The van der Waals surface area contributed by atoms with Crippen LogP contribution in [0.1, 0.15) is 27.2 Å². The number of benzene rings is 1. The van der Waals surface area contributed by atoms with Crippen LogP contribution in [0.4, 0.5) is 4.79 Å². The molecular formula is C19H30N2O4. The highest BCUT2D eigenvalue weighted by atomic mass is 16.6. The SMILES string of the molecule is COc1ccc(OCCN2CCCN(C(=O)OC(C)(C)C)CC2)cc1. The van der Waals surface area contributed by atoms with Gasteiger partial charge < -0.3 is 19.1 Å². The Morgan fingerprint density at radius 3 is 2.36 bits per heavy atom. The third-order valence-corrected chi connectivity index (χ3v) is 3.98. The first kappa shape index (κ1) is 19.4. The molecule has 0 aromatic heterocycles. The summed E-state index contributed by atoms with van der Waals surface area (Å²) in [5, 5.41) is 0.